The Kier molecular flexibility index (Phi) is 5.34. The molecule has 3 atom stereocenters. The van der Waals surface area contributed by atoms with Crippen LogP contribution in [0.1, 0.15) is 59.6 Å². The van der Waals surface area contributed by atoms with Crippen LogP contribution in [0.2, 0.25) is 0 Å². The fourth-order valence-electron chi connectivity index (χ4n) is 4.28. The van der Waals surface area contributed by atoms with E-state index in [4.69, 9.17) is 4.74 Å². The Hall–Kier alpha value is -3.15. The molecule has 29 heavy (non-hydrogen) atoms. The first-order chi connectivity index (χ1) is 14.1. The first-order valence-corrected chi connectivity index (χ1v) is 10.1. The summed E-state index contributed by atoms with van der Waals surface area (Å²) in [7, 11) is 0. The van der Waals surface area contributed by atoms with E-state index in [-0.39, 0.29) is 34.5 Å². The molecule has 0 spiro atoms. The van der Waals surface area contributed by atoms with Crippen LogP contribution in [0.15, 0.2) is 54.6 Å². The van der Waals surface area contributed by atoms with Crippen LogP contribution in [0, 0.1) is 16.0 Å². The second-order valence-electron chi connectivity index (χ2n) is 7.62. The lowest BCUT2D eigenvalue weighted by Crippen LogP contribution is -2.29. The van der Waals surface area contributed by atoms with Gasteiger partial charge < -0.3 is 10.1 Å². The number of ether oxygens (including phenoxy) is 1. The second kappa shape index (κ2) is 8.07. The Balaban J connectivity index is 1.63. The molecule has 150 valence electrons. The maximum Gasteiger partial charge on any atom is 0.338 e. The van der Waals surface area contributed by atoms with Crippen LogP contribution in [0.3, 0.4) is 0 Å². The largest absolute Gasteiger partial charge is 0.462 e. The summed E-state index contributed by atoms with van der Waals surface area (Å²) in [6.45, 7) is 2.49. The minimum absolute atomic E-state index is 0.0234. The van der Waals surface area contributed by atoms with E-state index >= 15 is 0 Å². The quantitative estimate of drug-likeness (QED) is 0.235. The van der Waals surface area contributed by atoms with Crippen molar-refractivity contribution in [2.75, 3.05) is 11.9 Å². The van der Waals surface area contributed by atoms with Gasteiger partial charge in [-0.1, -0.05) is 37.6 Å². The van der Waals surface area contributed by atoms with Crippen LogP contribution < -0.4 is 5.32 Å². The van der Waals surface area contributed by atoms with Gasteiger partial charge in [-0.05, 0) is 48.1 Å². The molecule has 1 aliphatic carbocycles. The second-order valence-corrected chi connectivity index (χ2v) is 7.62. The normalized spacial score (nSPS) is 21.8. The van der Waals surface area contributed by atoms with Gasteiger partial charge in [0.05, 0.1) is 23.1 Å². The summed E-state index contributed by atoms with van der Waals surface area (Å²) in [4.78, 5) is 23.2. The number of anilines is 1. The van der Waals surface area contributed by atoms with Crippen LogP contribution in [0.5, 0.6) is 0 Å². The standard InChI is InChI=1S/C23H24N2O4/c1-2-3-12-29-23(26)16-10-11-21-20(14-16)18-8-5-9-19(18)22(24-21)15-6-4-7-17(13-15)25(27)28/h4-8,10-11,13-14,18-19,22,24H,2-3,9,12H2,1H3/t18-,19+,22-/m1/s1. The van der Waals surface area contributed by atoms with E-state index in [9.17, 15) is 14.9 Å². The molecular formula is C23H24N2O4. The van der Waals surface area contributed by atoms with Crippen molar-refractivity contribution >= 4 is 17.3 Å². The predicted octanol–water partition coefficient (Wildman–Crippen LogP) is 5.38. The zero-order valence-corrected chi connectivity index (χ0v) is 16.3. The number of rotatable bonds is 6. The molecule has 0 radical (unpaired) electrons. The number of fused-ring (bicyclic) bond motifs is 3. The van der Waals surface area contributed by atoms with E-state index in [0.29, 0.717) is 12.2 Å². The number of nitrogens with one attached hydrogen (secondary N) is 1. The summed E-state index contributed by atoms with van der Waals surface area (Å²) in [5, 5.41) is 14.7. The van der Waals surface area contributed by atoms with E-state index in [2.05, 4.69) is 24.4 Å². The van der Waals surface area contributed by atoms with Crippen molar-refractivity contribution in [3.05, 3.63) is 81.4 Å². The number of carbonyl (C=O) groups excluding carboxylic acids is 1. The summed E-state index contributed by atoms with van der Waals surface area (Å²) in [5.41, 5.74) is 3.61. The molecular weight excluding hydrogens is 368 g/mol. The van der Waals surface area contributed by atoms with Crippen molar-refractivity contribution in [2.45, 2.75) is 38.1 Å². The lowest BCUT2D eigenvalue weighted by atomic mass is 9.76. The number of allylic oxidation sites excluding steroid dienone is 2. The zero-order chi connectivity index (χ0) is 20.4. The van der Waals surface area contributed by atoms with E-state index < -0.39 is 0 Å². The third-order valence-electron chi connectivity index (χ3n) is 5.77. The van der Waals surface area contributed by atoms with Crippen LogP contribution in [0.4, 0.5) is 11.4 Å². The monoisotopic (exact) mass is 392 g/mol. The van der Waals surface area contributed by atoms with Crippen molar-refractivity contribution < 1.29 is 14.5 Å². The minimum atomic E-state index is -0.360. The van der Waals surface area contributed by atoms with Gasteiger partial charge in [0.2, 0.25) is 0 Å². The number of benzene rings is 2. The maximum atomic E-state index is 12.4. The van der Waals surface area contributed by atoms with Crippen molar-refractivity contribution in [3.63, 3.8) is 0 Å². The lowest BCUT2D eigenvalue weighted by molar-refractivity contribution is -0.384. The molecule has 0 saturated carbocycles. The highest BCUT2D eigenvalue weighted by Gasteiger charge is 2.38. The van der Waals surface area contributed by atoms with E-state index in [1.807, 2.05) is 18.2 Å². The predicted molar refractivity (Wildman–Crippen MR) is 111 cm³/mol. The van der Waals surface area contributed by atoms with Gasteiger partial charge in [-0.15, -0.1) is 0 Å². The fourth-order valence-corrected chi connectivity index (χ4v) is 4.28. The Bertz CT molecular complexity index is 969. The summed E-state index contributed by atoms with van der Waals surface area (Å²) < 4.78 is 5.36. The molecule has 0 unspecified atom stereocenters. The summed E-state index contributed by atoms with van der Waals surface area (Å²) >= 11 is 0. The first kappa shape index (κ1) is 19.2. The Morgan fingerprint density at radius 3 is 2.93 bits per heavy atom. The molecule has 0 amide bonds. The molecule has 4 rings (SSSR count). The number of nitrogens with zero attached hydrogens (tertiary/aromatic N) is 1. The highest BCUT2D eigenvalue weighted by molar-refractivity contribution is 5.90. The van der Waals surface area contributed by atoms with Gasteiger partial charge in [-0.25, -0.2) is 4.79 Å². The summed E-state index contributed by atoms with van der Waals surface area (Å²) in [6.07, 6.45) is 7.06. The topological polar surface area (TPSA) is 81.5 Å². The molecule has 2 aromatic carbocycles. The number of nitro groups is 1. The molecule has 2 aromatic rings. The van der Waals surface area contributed by atoms with Gasteiger partial charge in [-0.3, -0.25) is 10.1 Å². The molecule has 1 aliphatic heterocycles. The minimum Gasteiger partial charge on any atom is -0.462 e. The van der Waals surface area contributed by atoms with Crippen LogP contribution in [0.25, 0.3) is 0 Å². The van der Waals surface area contributed by atoms with E-state index in [0.717, 1.165) is 36.1 Å². The average Bonchev–Trinajstić information content (AvgIpc) is 3.23. The number of unbranched alkanes of at least 4 members (excludes halogenated alkanes) is 1. The van der Waals surface area contributed by atoms with Gasteiger partial charge in [-0.2, -0.15) is 0 Å². The van der Waals surface area contributed by atoms with Gasteiger partial charge in [0.25, 0.3) is 5.69 Å². The van der Waals surface area contributed by atoms with Gasteiger partial charge >= 0.3 is 5.97 Å². The highest BCUT2D eigenvalue weighted by atomic mass is 16.6. The van der Waals surface area contributed by atoms with Crippen molar-refractivity contribution in [3.8, 4) is 0 Å². The van der Waals surface area contributed by atoms with E-state index in [1.165, 1.54) is 6.07 Å². The fraction of sp³-hybridized carbons (Fsp3) is 0.348. The number of nitro benzene ring substituents is 1. The number of hydrogen-bond donors (Lipinski definition) is 1. The first-order valence-electron chi connectivity index (χ1n) is 10.1. The maximum absolute atomic E-state index is 12.4. The van der Waals surface area contributed by atoms with Crippen LogP contribution >= 0.6 is 0 Å². The van der Waals surface area contributed by atoms with Crippen molar-refractivity contribution in [2.24, 2.45) is 5.92 Å². The third-order valence-corrected chi connectivity index (χ3v) is 5.77. The molecule has 6 nitrogen and oxygen atoms in total. The number of hydrogen-bond acceptors (Lipinski definition) is 5. The highest BCUT2D eigenvalue weighted by Crippen LogP contribution is 2.50. The smallest absolute Gasteiger partial charge is 0.338 e. The van der Waals surface area contributed by atoms with Gasteiger partial charge in [0.1, 0.15) is 0 Å². The molecule has 1 heterocycles. The van der Waals surface area contributed by atoms with Crippen LogP contribution in [-0.2, 0) is 4.74 Å². The zero-order valence-electron chi connectivity index (χ0n) is 16.3. The van der Waals surface area contributed by atoms with Crippen LogP contribution in [-0.4, -0.2) is 17.5 Å². The SMILES string of the molecule is CCCCOC(=O)c1ccc2c(c1)[C@@H]1C=CC[C@@H]1[C@@H](c1cccc([N+](=O)[O-])c1)N2. The average molecular weight is 392 g/mol. The van der Waals surface area contributed by atoms with E-state index in [1.54, 1.807) is 18.2 Å². The summed E-state index contributed by atoms with van der Waals surface area (Å²) in [6, 6.07) is 12.4. The molecule has 2 aliphatic rings. The molecule has 0 saturated heterocycles. The molecule has 0 bridgehead atoms. The lowest BCUT2D eigenvalue weighted by Gasteiger charge is -2.37. The number of non-ortho nitro benzene ring substituents is 1. The Labute approximate surface area is 169 Å². The number of esters is 1. The molecule has 6 heteroatoms. The van der Waals surface area contributed by atoms with Crippen molar-refractivity contribution in [1.82, 2.24) is 0 Å². The number of carbonyl (C=O) groups is 1. The molecule has 0 aromatic heterocycles. The molecule has 0 fully saturated rings. The third kappa shape index (κ3) is 3.75. The van der Waals surface area contributed by atoms with Crippen molar-refractivity contribution in [1.29, 1.82) is 0 Å². The summed E-state index contributed by atoms with van der Waals surface area (Å²) in [5.74, 6) is 0.121. The Morgan fingerprint density at radius 2 is 2.14 bits per heavy atom. The van der Waals surface area contributed by atoms with Gasteiger partial charge in [0, 0.05) is 23.7 Å². The Morgan fingerprint density at radius 1 is 1.28 bits per heavy atom. The van der Waals surface area contributed by atoms with Gasteiger partial charge in [0.15, 0.2) is 0 Å². The molecule has 1 N–H and O–H groups in total.